The third-order valence-corrected chi connectivity index (χ3v) is 5.03. The van der Waals surface area contributed by atoms with Gasteiger partial charge in [-0.05, 0) is 11.4 Å². The number of carbonyl (C=O) groups is 1. The molecule has 2 amide bonds. The minimum Gasteiger partial charge on any atom is -0.394 e. The van der Waals surface area contributed by atoms with Crippen molar-refractivity contribution in [1.82, 2.24) is 24.5 Å². The number of hydrogen-bond acceptors (Lipinski definition) is 5. The fourth-order valence-corrected chi connectivity index (χ4v) is 3.63. The number of aromatic nitrogens is 4. The molecule has 0 aromatic carbocycles. The minimum absolute atomic E-state index is 0.0300. The third-order valence-electron chi connectivity index (χ3n) is 4.17. The van der Waals surface area contributed by atoms with E-state index in [4.69, 9.17) is 5.11 Å². The van der Waals surface area contributed by atoms with E-state index in [1.807, 2.05) is 17.5 Å². The van der Waals surface area contributed by atoms with Crippen molar-refractivity contribution in [3.63, 3.8) is 0 Å². The highest BCUT2D eigenvalue weighted by Crippen LogP contribution is 2.23. The van der Waals surface area contributed by atoms with Crippen molar-refractivity contribution in [2.24, 2.45) is 0 Å². The minimum atomic E-state index is -0.167. The van der Waals surface area contributed by atoms with Crippen LogP contribution in [0, 0.1) is 0 Å². The van der Waals surface area contributed by atoms with E-state index in [2.05, 4.69) is 15.5 Å². The molecule has 3 aromatic heterocycles. The van der Waals surface area contributed by atoms with Crippen LogP contribution < -0.4 is 5.32 Å². The van der Waals surface area contributed by atoms with Crippen molar-refractivity contribution >= 4 is 23.2 Å². The van der Waals surface area contributed by atoms with Gasteiger partial charge >= 0.3 is 6.03 Å². The van der Waals surface area contributed by atoms with Gasteiger partial charge in [-0.2, -0.15) is 10.2 Å². The molecule has 25 heavy (non-hydrogen) atoms. The average Bonchev–Trinajstić information content (AvgIpc) is 3.35. The Balaban J connectivity index is 1.43. The van der Waals surface area contributed by atoms with Gasteiger partial charge in [0, 0.05) is 16.5 Å². The third kappa shape index (κ3) is 3.15. The van der Waals surface area contributed by atoms with Crippen LogP contribution in [0.25, 0.3) is 0 Å². The van der Waals surface area contributed by atoms with Gasteiger partial charge in [-0.1, -0.05) is 6.07 Å². The molecule has 0 bridgehead atoms. The zero-order valence-corrected chi connectivity index (χ0v) is 14.3. The van der Waals surface area contributed by atoms with Gasteiger partial charge in [0.05, 0.1) is 50.9 Å². The summed E-state index contributed by atoms with van der Waals surface area (Å²) < 4.78 is 3.53. The van der Waals surface area contributed by atoms with Crippen LogP contribution >= 0.6 is 11.3 Å². The normalized spacial score (nSPS) is 13.2. The largest absolute Gasteiger partial charge is 0.394 e. The van der Waals surface area contributed by atoms with Crippen LogP contribution in [0.2, 0.25) is 0 Å². The van der Waals surface area contributed by atoms with E-state index in [0.717, 1.165) is 11.3 Å². The maximum absolute atomic E-state index is 12.6. The highest BCUT2D eigenvalue weighted by atomic mass is 32.1. The van der Waals surface area contributed by atoms with E-state index in [0.29, 0.717) is 32.0 Å². The summed E-state index contributed by atoms with van der Waals surface area (Å²) >= 11 is 1.66. The summed E-state index contributed by atoms with van der Waals surface area (Å²) in [5, 5.41) is 22.6. The zero-order chi connectivity index (χ0) is 17.2. The first-order chi connectivity index (χ1) is 12.2. The lowest BCUT2D eigenvalue weighted by Gasteiger charge is -2.17. The Labute approximate surface area is 148 Å². The molecule has 8 nitrogen and oxygen atoms in total. The molecular weight excluding hydrogens is 340 g/mol. The number of anilines is 1. The number of aliphatic hydroxyl groups is 1. The van der Waals surface area contributed by atoms with Crippen LogP contribution in [0.1, 0.15) is 16.1 Å². The number of urea groups is 1. The Morgan fingerprint density at radius 1 is 1.28 bits per heavy atom. The fourth-order valence-electron chi connectivity index (χ4n) is 2.94. The molecule has 9 heteroatoms. The Kier molecular flexibility index (Phi) is 4.24. The Morgan fingerprint density at radius 3 is 3.00 bits per heavy atom. The SMILES string of the molecule is O=C(Nc1ccnn1Cc1cccs1)N1Cc2cnn(CCO)c2C1. The first-order valence-corrected chi connectivity index (χ1v) is 8.87. The summed E-state index contributed by atoms with van der Waals surface area (Å²) in [6.45, 7) is 2.11. The monoisotopic (exact) mass is 358 g/mol. The van der Waals surface area contributed by atoms with E-state index < -0.39 is 0 Å². The van der Waals surface area contributed by atoms with Crippen molar-refractivity contribution in [2.75, 3.05) is 11.9 Å². The molecule has 0 spiro atoms. The van der Waals surface area contributed by atoms with Gasteiger partial charge in [0.1, 0.15) is 5.82 Å². The number of fused-ring (bicyclic) bond motifs is 1. The molecule has 0 unspecified atom stereocenters. The van der Waals surface area contributed by atoms with Crippen LogP contribution in [0.3, 0.4) is 0 Å². The highest BCUT2D eigenvalue weighted by molar-refractivity contribution is 7.09. The van der Waals surface area contributed by atoms with Crippen molar-refractivity contribution in [1.29, 1.82) is 0 Å². The molecule has 0 saturated carbocycles. The van der Waals surface area contributed by atoms with Gasteiger partial charge in [-0.25, -0.2) is 9.48 Å². The lowest BCUT2D eigenvalue weighted by Crippen LogP contribution is -2.31. The number of nitrogens with one attached hydrogen (secondary N) is 1. The topological polar surface area (TPSA) is 88.2 Å². The first-order valence-electron chi connectivity index (χ1n) is 7.99. The predicted octanol–water partition coefficient (Wildman–Crippen LogP) is 1.73. The smallest absolute Gasteiger partial charge is 0.323 e. The summed E-state index contributed by atoms with van der Waals surface area (Å²) in [6.07, 6.45) is 3.44. The summed E-state index contributed by atoms with van der Waals surface area (Å²) in [5.74, 6) is 0.673. The van der Waals surface area contributed by atoms with Crippen LogP contribution in [0.15, 0.2) is 36.0 Å². The van der Waals surface area contributed by atoms with E-state index in [9.17, 15) is 4.79 Å². The number of nitrogens with zero attached hydrogens (tertiary/aromatic N) is 5. The lowest BCUT2D eigenvalue weighted by molar-refractivity contribution is 0.210. The molecule has 0 fully saturated rings. The van der Waals surface area contributed by atoms with Gasteiger partial charge in [-0.3, -0.25) is 10.00 Å². The quantitative estimate of drug-likeness (QED) is 0.727. The van der Waals surface area contributed by atoms with Crippen LogP contribution in [-0.4, -0.2) is 42.2 Å². The summed E-state index contributed by atoms with van der Waals surface area (Å²) in [7, 11) is 0. The maximum Gasteiger partial charge on any atom is 0.323 e. The van der Waals surface area contributed by atoms with Crippen LogP contribution in [-0.2, 0) is 26.2 Å². The fraction of sp³-hybridized carbons (Fsp3) is 0.312. The molecule has 0 atom stereocenters. The Hall–Kier alpha value is -2.65. The van der Waals surface area contributed by atoms with Crippen molar-refractivity contribution in [2.45, 2.75) is 26.2 Å². The van der Waals surface area contributed by atoms with Crippen LogP contribution in [0.5, 0.6) is 0 Å². The second-order valence-electron chi connectivity index (χ2n) is 5.80. The molecule has 1 aliphatic heterocycles. The molecule has 0 aliphatic carbocycles. The molecule has 1 aliphatic rings. The number of thiophene rings is 1. The molecule has 2 N–H and O–H groups in total. The summed E-state index contributed by atoms with van der Waals surface area (Å²) in [6, 6.07) is 5.67. The number of rotatable bonds is 5. The van der Waals surface area contributed by atoms with E-state index in [1.54, 1.807) is 44.1 Å². The van der Waals surface area contributed by atoms with E-state index >= 15 is 0 Å². The van der Waals surface area contributed by atoms with Gasteiger partial charge < -0.3 is 10.0 Å². The molecule has 4 heterocycles. The second kappa shape index (κ2) is 6.69. The number of carbonyl (C=O) groups excluding carboxylic acids is 1. The molecule has 0 radical (unpaired) electrons. The molecule has 130 valence electrons. The van der Waals surface area contributed by atoms with E-state index in [-0.39, 0.29) is 12.6 Å². The van der Waals surface area contributed by atoms with Gasteiger partial charge in [0.25, 0.3) is 0 Å². The molecule has 0 saturated heterocycles. The molecule has 3 aromatic rings. The molecular formula is C16H18N6O2S. The van der Waals surface area contributed by atoms with Gasteiger partial charge in [0.15, 0.2) is 0 Å². The molecule has 4 rings (SSSR count). The van der Waals surface area contributed by atoms with Crippen molar-refractivity contribution in [3.8, 4) is 0 Å². The Morgan fingerprint density at radius 2 is 2.20 bits per heavy atom. The number of hydrogen-bond donors (Lipinski definition) is 2. The van der Waals surface area contributed by atoms with Gasteiger partial charge in [-0.15, -0.1) is 11.3 Å². The van der Waals surface area contributed by atoms with Crippen molar-refractivity contribution in [3.05, 3.63) is 52.1 Å². The summed E-state index contributed by atoms with van der Waals surface area (Å²) in [5.41, 5.74) is 2.01. The zero-order valence-electron chi connectivity index (χ0n) is 13.5. The van der Waals surface area contributed by atoms with Gasteiger partial charge in [0.2, 0.25) is 0 Å². The first kappa shape index (κ1) is 15.9. The average molecular weight is 358 g/mol. The maximum atomic E-state index is 12.6. The highest BCUT2D eigenvalue weighted by Gasteiger charge is 2.27. The number of aliphatic hydroxyl groups excluding tert-OH is 1. The van der Waals surface area contributed by atoms with Crippen LogP contribution in [0.4, 0.5) is 10.6 Å². The Bertz CT molecular complexity index is 869. The standard InChI is InChI=1S/C16H18N6O2S/c23-6-5-21-14-11-20(9-12(14)8-18-21)16(24)19-15-3-4-17-22(15)10-13-2-1-7-25-13/h1-4,7-8,23H,5-6,9-11H2,(H,19,24). The predicted molar refractivity (Wildman–Crippen MR) is 93.2 cm³/mol. The second-order valence-corrected chi connectivity index (χ2v) is 6.84. The summed E-state index contributed by atoms with van der Waals surface area (Å²) in [4.78, 5) is 15.5. The number of amides is 2. The van der Waals surface area contributed by atoms with E-state index in [1.165, 1.54) is 4.88 Å². The van der Waals surface area contributed by atoms with Crippen molar-refractivity contribution < 1.29 is 9.90 Å². The lowest BCUT2D eigenvalue weighted by atomic mass is 10.3.